The van der Waals surface area contributed by atoms with Crippen molar-refractivity contribution in [3.05, 3.63) is 0 Å². The predicted octanol–water partition coefficient (Wildman–Crippen LogP) is -0.462. The van der Waals surface area contributed by atoms with Crippen molar-refractivity contribution in [3.8, 4) is 0 Å². The molecule has 1 rings (SSSR count). The Morgan fingerprint density at radius 3 is 2.33 bits per heavy atom. The molecule has 0 aliphatic carbocycles. The third kappa shape index (κ3) is 9.01. The summed E-state index contributed by atoms with van der Waals surface area (Å²) < 4.78 is 21.0. The van der Waals surface area contributed by atoms with Gasteiger partial charge in [-0.3, -0.25) is 0 Å². The smallest absolute Gasteiger partial charge is 0.104 e. The van der Waals surface area contributed by atoms with Gasteiger partial charge in [0.15, 0.2) is 0 Å². The third-order valence-corrected chi connectivity index (χ3v) is 2.52. The first kappa shape index (κ1) is 13.1. The molecular weight excluding hydrogens is 212 g/mol. The molecule has 0 N–H and O–H groups in total. The van der Waals surface area contributed by atoms with Crippen LogP contribution in [0.5, 0.6) is 0 Å². The van der Waals surface area contributed by atoms with Crippen molar-refractivity contribution in [2.75, 3.05) is 45.9 Å². The third-order valence-electron chi connectivity index (χ3n) is 2.11. The van der Waals surface area contributed by atoms with Crippen molar-refractivity contribution in [1.82, 2.24) is 0 Å². The zero-order valence-corrected chi connectivity index (χ0v) is 11.6. The number of ether oxygens (including phenoxy) is 4. The molecule has 1 atom stereocenters. The zero-order chi connectivity index (χ0) is 10.8. The van der Waals surface area contributed by atoms with Gasteiger partial charge >= 0.3 is 0 Å². The largest absolute Gasteiger partial charge is 0.383 e. The number of epoxide rings is 1. The molecule has 15 heavy (non-hydrogen) atoms. The second-order valence-corrected chi connectivity index (χ2v) is 4.12. The first-order valence-corrected chi connectivity index (χ1v) is 7.19. The molecule has 0 radical (unpaired) electrons. The summed E-state index contributed by atoms with van der Waals surface area (Å²) in [5, 5.41) is 0. The molecule has 5 heteroatoms. The van der Waals surface area contributed by atoms with Crippen LogP contribution in [0.3, 0.4) is 0 Å². The van der Waals surface area contributed by atoms with Gasteiger partial charge < -0.3 is 18.9 Å². The molecule has 1 fully saturated rings. The quantitative estimate of drug-likeness (QED) is 0.275. The Balaban J connectivity index is 1.62. The summed E-state index contributed by atoms with van der Waals surface area (Å²) in [7, 11) is 1.11. The van der Waals surface area contributed by atoms with E-state index in [0.29, 0.717) is 6.10 Å². The molecule has 1 saturated heterocycles. The van der Waals surface area contributed by atoms with Gasteiger partial charge in [0.05, 0.1) is 26.4 Å². The monoisotopic (exact) mass is 234 g/mol. The number of hydrogen-bond acceptors (Lipinski definition) is 4. The SMILES string of the molecule is [SiH3]COCCOCCCCOCC1CO1. The van der Waals surface area contributed by atoms with E-state index in [-0.39, 0.29) is 0 Å². The van der Waals surface area contributed by atoms with Crippen LogP contribution in [0.4, 0.5) is 0 Å². The number of rotatable bonds is 11. The Hall–Kier alpha value is 0.0569. The topological polar surface area (TPSA) is 40.2 Å². The molecule has 0 bridgehead atoms. The van der Waals surface area contributed by atoms with Gasteiger partial charge in [0.2, 0.25) is 0 Å². The molecule has 0 aromatic heterocycles. The fourth-order valence-electron chi connectivity index (χ4n) is 1.15. The molecule has 1 unspecified atom stereocenters. The van der Waals surface area contributed by atoms with E-state index in [0.717, 1.165) is 69.0 Å². The number of hydrogen-bond donors (Lipinski definition) is 0. The van der Waals surface area contributed by atoms with Crippen LogP contribution in [0.1, 0.15) is 12.8 Å². The maximum Gasteiger partial charge on any atom is 0.104 e. The van der Waals surface area contributed by atoms with Crippen LogP contribution in [0.2, 0.25) is 0 Å². The second-order valence-electron chi connectivity index (χ2n) is 3.55. The van der Waals surface area contributed by atoms with Crippen molar-refractivity contribution in [3.63, 3.8) is 0 Å². The second kappa shape index (κ2) is 9.29. The predicted molar refractivity (Wildman–Crippen MR) is 61.4 cm³/mol. The summed E-state index contributed by atoms with van der Waals surface area (Å²) in [6, 6.07) is 0. The average Bonchev–Trinajstić information content (AvgIpc) is 3.05. The van der Waals surface area contributed by atoms with Gasteiger partial charge in [-0.25, -0.2) is 0 Å². The molecule has 4 nitrogen and oxygen atoms in total. The molecular formula is C10H22O4Si. The van der Waals surface area contributed by atoms with E-state index in [2.05, 4.69) is 0 Å². The van der Waals surface area contributed by atoms with Gasteiger partial charge in [-0.2, -0.15) is 0 Å². The fourth-order valence-corrected chi connectivity index (χ4v) is 1.44. The van der Waals surface area contributed by atoms with Gasteiger partial charge in [-0.05, 0) is 12.8 Å². The molecule has 1 heterocycles. The molecule has 1 aliphatic rings. The maximum absolute atomic E-state index is 5.40. The minimum atomic E-state index is 0.385. The summed E-state index contributed by atoms with van der Waals surface area (Å²) in [5.41, 5.74) is 0. The van der Waals surface area contributed by atoms with E-state index in [1.807, 2.05) is 0 Å². The lowest BCUT2D eigenvalue weighted by Gasteiger charge is -2.04. The molecule has 1 aliphatic heterocycles. The average molecular weight is 234 g/mol. The minimum absolute atomic E-state index is 0.385. The van der Waals surface area contributed by atoms with Crippen molar-refractivity contribution in [1.29, 1.82) is 0 Å². The van der Waals surface area contributed by atoms with E-state index in [1.165, 1.54) is 0 Å². The van der Waals surface area contributed by atoms with Crippen LogP contribution in [-0.4, -0.2) is 62.2 Å². The fraction of sp³-hybridized carbons (Fsp3) is 1.00. The van der Waals surface area contributed by atoms with Gasteiger partial charge in [0.25, 0.3) is 0 Å². The van der Waals surface area contributed by atoms with E-state index in [4.69, 9.17) is 18.9 Å². The van der Waals surface area contributed by atoms with Gasteiger partial charge in [-0.1, -0.05) is 0 Å². The molecule has 90 valence electrons. The first-order chi connectivity index (χ1) is 7.43. The van der Waals surface area contributed by atoms with Crippen LogP contribution < -0.4 is 0 Å². The Bertz CT molecular complexity index is 141. The van der Waals surface area contributed by atoms with Gasteiger partial charge in [0, 0.05) is 29.7 Å². The lowest BCUT2D eigenvalue weighted by atomic mass is 10.3. The van der Waals surface area contributed by atoms with Crippen molar-refractivity contribution >= 4 is 10.2 Å². The molecule has 0 aromatic carbocycles. The zero-order valence-electron chi connectivity index (χ0n) is 9.57. The van der Waals surface area contributed by atoms with E-state index in [9.17, 15) is 0 Å². The van der Waals surface area contributed by atoms with E-state index in [1.54, 1.807) is 0 Å². The lowest BCUT2D eigenvalue weighted by Crippen LogP contribution is -2.07. The highest BCUT2D eigenvalue weighted by Gasteiger charge is 2.21. The molecule has 0 aromatic rings. The Kier molecular flexibility index (Phi) is 8.13. The molecule has 0 amide bonds. The summed E-state index contributed by atoms with van der Waals surface area (Å²) in [4.78, 5) is 0. The molecule has 0 saturated carbocycles. The van der Waals surface area contributed by atoms with Gasteiger partial charge in [0.1, 0.15) is 6.10 Å². The molecule has 0 spiro atoms. The standard InChI is InChI=1S/C10H22O4Si/c15-9-13-6-5-11-3-1-2-4-12-7-10-8-14-10/h10H,1-9H2,15H3. The highest BCUT2D eigenvalue weighted by molar-refractivity contribution is 6.08. The van der Waals surface area contributed by atoms with Crippen molar-refractivity contribution in [2.24, 2.45) is 0 Å². The summed E-state index contributed by atoms with van der Waals surface area (Å²) in [6.07, 6.45) is 3.41. The summed E-state index contributed by atoms with van der Waals surface area (Å²) in [5.74, 6) is 0. The van der Waals surface area contributed by atoms with Crippen LogP contribution in [-0.2, 0) is 18.9 Å². The van der Waals surface area contributed by atoms with Crippen molar-refractivity contribution in [2.45, 2.75) is 18.9 Å². The maximum atomic E-state index is 5.40. The first-order valence-electron chi connectivity index (χ1n) is 5.78. The van der Waals surface area contributed by atoms with Gasteiger partial charge in [-0.15, -0.1) is 0 Å². The highest BCUT2D eigenvalue weighted by atomic mass is 28.1. The van der Waals surface area contributed by atoms with Crippen LogP contribution >= 0.6 is 0 Å². The summed E-state index contributed by atoms with van der Waals surface area (Å²) >= 11 is 0. The number of unbranched alkanes of at least 4 members (excludes halogenated alkanes) is 1. The van der Waals surface area contributed by atoms with E-state index < -0.39 is 0 Å². The summed E-state index contributed by atoms with van der Waals surface area (Å²) in [6.45, 7) is 4.73. The minimum Gasteiger partial charge on any atom is -0.383 e. The highest BCUT2D eigenvalue weighted by Crippen LogP contribution is 2.08. The Labute approximate surface area is 94.6 Å². The Morgan fingerprint density at radius 1 is 1.00 bits per heavy atom. The van der Waals surface area contributed by atoms with Crippen LogP contribution in [0.15, 0.2) is 0 Å². The van der Waals surface area contributed by atoms with Crippen molar-refractivity contribution < 1.29 is 18.9 Å². The Morgan fingerprint density at radius 2 is 1.67 bits per heavy atom. The lowest BCUT2D eigenvalue weighted by molar-refractivity contribution is 0.0563. The normalized spacial score (nSPS) is 19.6. The van der Waals surface area contributed by atoms with Crippen LogP contribution in [0.25, 0.3) is 0 Å². The van der Waals surface area contributed by atoms with Crippen LogP contribution in [0, 0.1) is 0 Å². The van der Waals surface area contributed by atoms with E-state index >= 15 is 0 Å².